The molecule has 0 radical (unpaired) electrons. The zero-order chi connectivity index (χ0) is 27.5. The van der Waals surface area contributed by atoms with Crippen molar-refractivity contribution in [2.75, 3.05) is 51.6 Å². The van der Waals surface area contributed by atoms with Gasteiger partial charge in [0.25, 0.3) is 0 Å². The Morgan fingerprint density at radius 2 is 2.13 bits per heavy atom. The van der Waals surface area contributed by atoms with E-state index in [0.717, 1.165) is 63.0 Å². The van der Waals surface area contributed by atoms with E-state index in [-0.39, 0.29) is 17.1 Å². The highest BCUT2D eigenvalue weighted by Crippen LogP contribution is 2.69. The molecule has 4 fully saturated rings. The highest BCUT2D eigenvalue weighted by atomic mass is 32.2. The Labute approximate surface area is 230 Å². The number of urea groups is 1. The lowest BCUT2D eigenvalue weighted by atomic mass is 9.99. The predicted molar refractivity (Wildman–Crippen MR) is 144 cm³/mol. The summed E-state index contributed by atoms with van der Waals surface area (Å²) in [7, 11) is 2.17. The van der Waals surface area contributed by atoms with Gasteiger partial charge in [-0.2, -0.15) is 13.2 Å². The maximum atomic E-state index is 13.8. The van der Waals surface area contributed by atoms with Crippen molar-refractivity contribution < 1.29 is 22.4 Å². The number of amides is 2. The van der Waals surface area contributed by atoms with E-state index in [4.69, 9.17) is 5.73 Å². The first-order chi connectivity index (χ1) is 18.6. The molecule has 2 aliphatic carbocycles. The topological polar surface area (TPSA) is 77.2 Å². The molecule has 0 spiro atoms. The minimum atomic E-state index is -4.84. The SMILES string of the molecule is CN1C[C@@H]2C[C@H]1CN2CCCN(C(=O)Nc1ccc(F)c(C(F)(F)F)c1)[C@@H]1CC[C@]2([C@@H]3CN=C(CN)S3)C[C@H]12. The number of benzene rings is 1. The first-order valence-electron chi connectivity index (χ1n) is 13.9. The number of nitrogens with one attached hydrogen (secondary N) is 1. The van der Waals surface area contributed by atoms with Crippen molar-refractivity contribution in [1.29, 1.82) is 0 Å². The number of fused-ring (bicyclic) bond motifs is 3. The molecular formula is C27H36F4N6OS. The minimum Gasteiger partial charge on any atom is -0.325 e. The summed E-state index contributed by atoms with van der Waals surface area (Å²) in [5, 5.41) is 4.02. The van der Waals surface area contributed by atoms with E-state index in [0.29, 0.717) is 42.4 Å². The summed E-state index contributed by atoms with van der Waals surface area (Å²) >= 11 is 1.77. The number of anilines is 1. The fraction of sp³-hybridized carbons (Fsp3) is 0.704. The molecule has 2 bridgehead atoms. The largest absolute Gasteiger partial charge is 0.419 e. The summed E-state index contributed by atoms with van der Waals surface area (Å²) in [4.78, 5) is 25.0. The number of alkyl halides is 3. The van der Waals surface area contributed by atoms with E-state index in [1.54, 1.807) is 11.8 Å². The summed E-state index contributed by atoms with van der Waals surface area (Å²) in [5.74, 6) is -1.00. The third kappa shape index (κ3) is 5.06. The van der Waals surface area contributed by atoms with Crippen molar-refractivity contribution in [2.45, 2.75) is 61.7 Å². The summed E-state index contributed by atoms with van der Waals surface area (Å²) in [6.07, 6.45) is 0.0512. The van der Waals surface area contributed by atoms with E-state index in [1.807, 2.05) is 4.90 Å². The molecule has 2 amide bonds. The van der Waals surface area contributed by atoms with E-state index in [1.165, 1.54) is 12.5 Å². The van der Waals surface area contributed by atoms with Gasteiger partial charge in [-0.15, -0.1) is 11.8 Å². The lowest BCUT2D eigenvalue weighted by molar-refractivity contribution is -0.139. The Kier molecular flexibility index (Phi) is 7.13. The van der Waals surface area contributed by atoms with Gasteiger partial charge >= 0.3 is 12.2 Å². The van der Waals surface area contributed by atoms with Crippen LogP contribution < -0.4 is 11.1 Å². The van der Waals surface area contributed by atoms with Crippen LogP contribution in [0.25, 0.3) is 0 Å². The van der Waals surface area contributed by atoms with E-state index >= 15 is 0 Å². The van der Waals surface area contributed by atoms with Crippen LogP contribution in [-0.2, 0) is 6.18 Å². The number of thioether (sulfide) groups is 1. The molecular weight excluding hydrogens is 532 g/mol. The number of nitrogens with zero attached hydrogens (tertiary/aromatic N) is 4. The maximum absolute atomic E-state index is 13.8. The zero-order valence-electron chi connectivity index (χ0n) is 22.1. The van der Waals surface area contributed by atoms with Gasteiger partial charge in [-0.1, -0.05) is 0 Å². The van der Waals surface area contributed by atoms with Gasteiger partial charge in [0.05, 0.1) is 17.2 Å². The number of carbonyl (C=O) groups excluding carboxylic acids is 1. The molecule has 3 aliphatic heterocycles. The van der Waals surface area contributed by atoms with Gasteiger partial charge in [-0.3, -0.25) is 9.89 Å². The highest BCUT2D eigenvalue weighted by molar-refractivity contribution is 8.14. The summed E-state index contributed by atoms with van der Waals surface area (Å²) < 4.78 is 53.7. The smallest absolute Gasteiger partial charge is 0.325 e. The molecule has 3 heterocycles. The van der Waals surface area contributed by atoms with Crippen molar-refractivity contribution in [2.24, 2.45) is 22.1 Å². The molecule has 0 aromatic heterocycles. The lowest BCUT2D eigenvalue weighted by Gasteiger charge is -2.34. The molecule has 6 rings (SSSR count). The average Bonchev–Trinajstić information content (AvgIpc) is 3.34. The quantitative estimate of drug-likeness (QED) is 0.462. The van der Waals surface area contributed by atoms with Gasteiger partial charge in [0.2, 0.25) is 0 Å². The number of hydrogen-bond donors (Lipinski definition) is 2. The molecule has 5 aliphatic rings. The summed E-state index contributed by atoms with van der Waals surface area (Å²) in [5.41, 5.74) is 4.53. The van der Waals surface area contributed by atoms with Crippen LogP contribution in [0.5, 0.6) is 0 Å². The first kappa shape index (κ1) is 27.3. The molecule has 0 unspecified atom stereocenters. The number of rotatable bonds is 8. The number of nitrogens with two attached hydrogens (primary N) is 1. The van der Waals surface area contributed by atoms with Crippen molar-refractivity contribution in [3.8, 4) is 0 Å². The van der Waals surface area contributed by atoms with Crippen molar-refractivity contribution in [3.63, 3.8) is 0 Å². The number of hydrogen-bond acceptors (Lipinski definition) is 6. The van der Waals surface area contributed by atoms with E-state index < -0.39 is 23.6 Å². The highest BCUT2D eigenvalue weighted by Gasteiger charge is 2.67. The fourth-order valence-corrected chi connectivity index (χ4v) is 8.96. The number of likely N-dealkylation sites (tertiary alicyclic amines) is 2. The third-order valence-corrected chi connectivity index (χ3v) is 11.2. The average molecular weight is 569 g/mol. The molecule has 2 saturated carbocycles. The number of likely N-dealkylation sites (N-methyl/N-ethyl adjacent to an activating group) is 1. The molecule has 3 N–H and O–H groups in total. The third-order valence-electron chi connectivity index (χ3n) is 9.73. The number of halogens is 4. The van der Waals surface area contributed by atoms with Crippen LogP contribution in [0.1, 0.15) is 37.7 Å². The molecule has 7 nitrogen and oxygen atoms in total. The first-order valence-corrected chi connectivity index (χ1v) is 14.8. The molecule has 214 valence electrons. The van der Waals surface area contributed by atoms with Crippen molar-refractivity contribution >= 4 is 28.5 Å². The number of piperazine rings is 1. The van der Waals surface area contributed by atoms with Crippen LogP contribution in [0.15, 0.2) is 23.2 Å². The monoisotopic (exact) mass is 568 g/mol. The van der Waals surface area contributed by atoms with Gasteiger partial charge in [0.1, 0.15) is 5.82 Å². The van der Waals surface area contributed by atoms with Crippen molar-refractivity contribution in [1.82, 2.24) is 14.7 Å². The second-order valence-corrected chi connectivity index (χ2v) is 13.1. The Bertz CT molecular complexity index is 1150. The van der Waals surface area contributed by atoms with Crippen LogP contribution in [0.3, 0.4) is 0 Å². The van der Waals surface area contributed by atoms with Crippen LogP contribution in [0, 0.1) is 17.2 Å². The molecule has 1 aromatic carbocycles. The fourth-order valence-electron chi connectivity index (χ4n) is 7.61. The van der Waals surface area contributed by atoms with Crippen LogP contribution in [0.2, 0.25) is 0 Å². The number of carbonyl (C=O) groups is 1. The Morgan fingerprint density at radius 1 is 1.31 bits per heavy atom. The standard InChI is InChI=1S/C27H36F4N6OS/c1-35-14-18-10-17(35)15-36(18)7-2-8-37(25(38)34-16-3-4-21(28)19(9-16)27(29,30)31)22-5-6-26(11-20(22)26)23-13-33-24(12-32)39-23/h3-4,9,17-18,20,22-23H,2,5-8,10-15,32H2,1H3,(H,34,38)/t17-,18-,20+,22+,23-,26-/m0/s1. The van der Waals surface area contributed by atoms with Gasteiger partial charge in [0, 0.05) is 61.8 Å². The van der Waals surface area contributed by atoms with E-state index in [2.05, 4.69) is 27.2 Å². The van der Waals surface area contributed by atoms with Crippen LogP contribution in [0.4, 0.5) is 28.0 Å². The van der Waals surface area contributed by atoms with Gasteiger partial charge in [0.15, 0.2) is 0 Å². The minimum absolute atomic E-state index is 0.0243. The molecule has 1 aromatic rings. The molecule has 12 heteroatoms. The normalized spacial score (nSPS) is 33.9. The van der Waals surface area contributed by atoms with Gasteiger partial charge < -0.3 is 20.9 Å². The van der Waals surface area contributed by atoms with Crippen LogP contribution >= 0.6 is 11.8 Å². The maximum Gasteiger partial charge on any atom is 0.419 e. The lowest BCUT2D eigenvalue weighted by Crippen LogP contribution is -2.47. The Morgan fingerprint density at radius 3 is 2.77 bits per heavy atom. The second-order valence-electron chi connectivity index (χ2n) is 11.8. The predicted octanol–water partition coefficient (Wildman–Crippen LogP) is 4.10. The molecule has 6 atom stereocenters. The number of aliphatic imine (C=N–C) groups is 1. The zero-order valence-corrected chi connectivity index (χ0v) is 22.9. The summed E-state index contributed by atoms with van der Waals surface area (Å²) in [6.45, 7) is 4.74. The Hall–Kier alpha value is -1.89. The van der Waals surface area contributed by atoms with Gasteiger partial charge in [-0.05, 0) is 68.7 Å². The molecule has 39 heavy (non-hydrogen) atoms. The Balaban J connectivity index is 1.15. The van der Waals surface area contributed by atoms with Crippen molar-refractivity contribution in [3.05, 3.63) is 29.6 Å². The van der Waals surface area contributed by atoms with Gasteiger partial charge in [-0.25, -0.2) is 9.18 Å². The summed E-state index contributed by atoms with van der Waals surface area (Å²) in [6, 6.07) is 3.40. The molecule has 2 saturated heterocycles. The van der Waals surface area contributed by atoms with Crippen LogP contribution in [-0.4, -0.2) is 95.5 Å². The second kappa shape index (κ2) is 10.2. The van der Waals surface area contributed by atoms with E-state index in [9.17, 15) is 22.4 Å².